The number of likely N-dealkylation sites (N-methyl/N-ethyl adjacent to an activating group) is 1. The van der Waals surface area contributed by atoms with Crippen LogP contribution in [0.5, 0.6) is 0 Å². The molecule has 0 aliphatic carbocycles. The number of nitrogens with one attached hydrogen (secondary N) is 1. The fourth-order valence-electron chi connectivity index (χ4n) is 2.97. The van der Waals surface area contributed by atoms with Gasteiger partial charge in [0.25, 0.3) is 0 Å². The molecule has 5 nitrogen and oxygen atoms in total. The summed E-state index contributed by atoms with van der Waals surface area (Å²) in [5, 5.41) is 4.21. The van der Waals surface area contributed by atoms with Gasteiger partial charge in [-0.25, -0.2) is 4.79 Å². The maximum Gasteiger partial charge on any atom is 0.326 e. The van der Waals surface area contributed by atoms with Crippen LogP contribution >= 0.6 is 0 Å². The Morgan fingerprint density at radius 2 is 2.04 bits per heavy atom. The van der Waals surface area contributed by atoms with Crippen LogP contribution in [0, 0.1) is 0 Å². The minimum absolute atomic E-state index is 0.0298. The van der Waals surface area contributed by atoms with Crippen LogP contribution in [0.4, 0.5) is 4.79 Å². The maximum atomic E-state index is 12.5. The Balaban J connectivity index is 1.72. The molecule has 1 aromatic carbocycles. The first kappa shape index (κ1) is 16.0. The monoisotopic (exact) mass is 314 g/mol. The molecule has 1 fully saturated rings. The average Bonchev–Trinajstić information content (AvgIpc) is 2.86. The van der Waals surface area contributed by atoms with Crippen LogP contribution < -0.4 is 5.32 Å². The Labute approximate surface area is 137 Å². The molecule has 0 spiro atoms. The van der Waals surface area contributed by atoms with Gasteiger partial charge in [0.2, 0.25) is 0 Å². The highest BCUT2D eigenvalue weighted by atomic mass is 16.2. The first-order chi connectivity index (χ1) is 11.1. The molecule has 5 heteroatoms. The van der Waals surface area contributed by atoms with E-state index >= 15 is 0 Å². The predicted octanol–water partition coefficient (Wildman–Crippen LogP) is 2.01. The summed E-state index contributed by atoms with van der Waals surface area (Å²) in [4.78, 5) is 17.0. The van der Waals surface area contributed by atoms with E-state index in [2.05, 4.69) is 35.3 Å². The Morgan fingerprint density at radius 1 is 1.26 bits per heavy atom. The van der Waals surface area contributed by atoms with E-state index in [9.17, 15) is 4.79 Å². The number of benzene rings is 1. The van der Waals surface area contributed by atoms with E-state index in [1.807, 2.05) is 24.4 Å². The summed E-state index contributed by atoms with van der Waals surface area (Å²) in [5.41, 5.74) is 2.22. The smallest absolute Gasteiger partial charge is 0.326 e. The van der Waals surface area contributed by atoms with Crippen LogP contribution in [-0.4, -0.2) is 67.2 Å². The molecule has 1 saturated heterocycles. The van der Waals surface area contributed by atoms with Gasteiger partial charge in [-0.2, -0.15) is 0 Å². The van der Waals surface area contributed by atoms with Crippen molar-refractivity contribution in [2.45, 2.75) is 12.8 Å². The number of likely N-dealkylation sites (tertiary alicyclic amines) is 1. The van der Waals surface area contributed by atoms with Crippen LogP contribution in [0.3, 0.4) is 0 Å². The average molecular weight is 314 g/mol. The lowest BCUT2D eigenvalue weighted by molar-refractivity contribution is 0.181. The third kappa shape index (κ3) is 3.74. The van der Waals surface area contributed by atoms with Crippen LogP contribution in [0.2, 0.25) is 0 Å². The van der Waals surface area contributed by atoms with Crippen molar-refractivity contribution < 1.29 is 4.79 Å². The number of aromatic nitrogens is 1. The van der Waals surface area contributed by atoms with Crippen molar-refractivity contribution in [1.29, 1.82) is 0 Å². The first-order valence-corrected chi connectivity index (χ1v) is 8.39. The van der Waals surface area contributed by atoms with Gasteiger partial charge in [-0.1, -0.05) is 18.2 Å². The summed E-state index contributed by atoms with van der Waals surface area (Å²) < 4.78 is 1.76. The summed E-state index contributed by atoms with van der Waals surface area (Å²) in [6.07, 6.45) is 4.22. The third-order valence-corrected chi connectivity index (χ3v) is 4.49. The van der Waals surface area contributed by atoms with Gasteiger partial charge in [-0.3, -0.25) is 4.57 Å². The van der Waals surface area contributed by atoms with Gasteiger partial charge in [0.1, 0.15) is 0 Å². The van der Waals surface area contributed by atoms with E-state index in [4.69, 9.17) is 0 Å². The predicted molar refractivity (Wildman–Crippen MR) is 94.0 cm³/mol. The highest BCUT2D eigenvalue weighted by molar-refractivity contribution is 5.93. The van der Waals surface area contributed by atoms with Crippen molar-refractivity contribution in [2.24, 2.45) is 0 Å². The van der Waals surface area contributed by atoms with Crippen molar-refractivity contribution in [3.05, 3.63) is 36.0 Å². The Bertz CT molecular complexity index is 673. The van der Waals surface area contributed by atoms with E-state index in [0.717, 1.165) is 38.1 Å². The summed E-state index contributed by atoms with van der Waals surface area (Å²) in [6.45, 7) is 4.95. The molecular weight excluding hydrogens is 288 g/mol. The molecule has 1 aromatic heterocycles. The number of nitrogens with zero attached hydrogens (tertiary/aromatic N) is 3. The molecule has 0 unspecified atom stereocenters. The zero-order valence-corrected chi connectivity index (χ0v) is 14.1. The quantitative estimate of drug-likeness (QED) is 0.887. The highest BCUT2D eigenvalue weighted by Crippen LogP contribution is 2.21. The standard InChI is InChI=1S/C18H26N4O/c1-20(2)12-8-15-14-22(17-7-4-3-6-16(15)17)18(23)19-9-13-21-10-5-11-21/h3-4,6-7,14H,5,8-13H2,1-2H3,(H,19,23). The van der Waals surface area contributed by atoms with E-state index in [0.29, 0.717) is 6.54 Å². The second kappa shape index (κ2) is 7.15. The van der Waals surface area contributed by atoms with Crippen LogP contribution in [-0.2, 0) is 6.42 Å². The van der Waals surface area contributed by atoms with Gasteiger partial charge in [0, 0.05) is 31.2 Å². The van der Waals surface area contributed by atoms with Gasteiger partial charge < -0.3 is 15.1 Å². The number of amides is 1. The molecule has 1 aliphatic rings. The fourth-order valence-corrected chi connectivity index (χ4v) is 2.97. The molecular formula is C18H26N4O. The highest BCUT2D eigenvalue weighted by Gasteiger charge is 2.15. The van der Waals surface area contributed by atoms with Crippen LogP contribution in [0.1, 0.15) is 12.0 Å². The molecule has 1 amide bonds. The van der Waals surface area contributed by atoms with Crippen molar-refractivity contribution in [2.75, 3.05) is 46.8 Å². The number of carbonyl (C=O) groups is 1. The normalized spacial score (nSPS) is 15.1. The van der Waals surface area contributed by atoms with Crippen LogP contribution in [0.25, 0.3) is 10.9 Å². The lowest BCUT2D eigenvalue weighted by Gasteiger charge is -2.30. The zero-order valence-electron chi connectivity index (χ0n) is 14.1. The SMILES string of the molecule is CN(C)CCc1cn(C(=O)NCCN2CCC2)c2ccccc12. The molecule has 0 bridgehead atoms. The minimum atomic E-state index is -0.0298. The second-order valence-corrected chi connectivity index (χ2v) is 6.52. The van der Waals surface area contributed by atoms with E-state index in [1.165, 1.54) is 17.4 Å². The second-order valence-electron chi connectivity index (χ2n) is 6.52. The first-order valence-electron chi connectivity index (χ1n) is 8.39. The van der Waals surface area contributed by atoms with E-state index in [1.54, 1.807) is 4.57 Å². The molecule has 2 heterocycles. The number of rotatable bonds is 6. The van der Waals surface area contributed by atoms with Gasteiger partial charge in [0.05, 0.1) is 5.52 Å². The van der Waals surface area contributed by atoms with Crippen molar-refractivity contribution in [3.8, 4) is 0 Å². The van der Waals surface area contributed by atoms with Crippen molar-refractivity contribution >= 4 is 16.9 Å². The topological polar surface area (TPSA) is 40.5 Å². The number of para-hydroxylation sites is 1. The summed E-state index contributed by atoms with van der Waals surface area (Å²) >= 11 is 0. The van der Waals surface area contributed by atoms with Crippen molar-refractivity contribution in [1.82, 2.24) is 19.7 Å². The third-order valence-electron chi connectivity index (χ3n) is 4.49. The van der Waals surface area contributed by atoms with E-state index < -0.39 is 0 Å². The molecule has 2 aromatic rings. The molecule has 1 N–H and O–H groups in total. The van der Waals surface area contributed by atoms with Gasteiger partial charge in [-0.05, 0) is 51.7 Å². The molecule has 124 valence electrons. The summed E-state index contributed by atoms with van der Waals surface area (Å²) in [7, 11) is 4.14. The Morgan fingerprint density at radius 3 is 2.74 bits per heavy atom. The molecule has 0 saturated carbocycles. The summed E-state index contributed by atoms with van der Waals surface area (Å²) in [6, 6.07) is 8.11. The zero-order chi connectivity index (χ0) is 16.2. The van der Waals surface area contributed by atoms with Gasteiger partial charge in [0.15, 0.2) is 0 Å². The molecule has 0 atom stereocenters. The summed E-state index contributed by atoms with van der Waals surface area (Å²) in [5.74, 6) is 0. The largest absolute Gasteiger partial charge is 0.336 e. The number of fused-ring (bicyclic) bond motifs is 1. The Kier molecular flexibility index (Phi) is 4.98. The lowest BCUT2D eigenvalue weighted by atomic mass is 10.1. The van der Waals surface area contributed by atoms with Gasteiger partial charge >= 0.3 is 6.03 Å². The molecule has 0 radical (unpaired) electrons. The number of hydrogen-bond donors (Lipinski definition) is 1. The minimum Gasteiger partial charge on any atom is -0.336 e. The van der Waals surface area contributed by atoms with E-state index in [-0.39, 0.29) is 6.03 Å². The fraction of sp³-hybridized carbons (Fsp3) is 0.500. The molecule has 3 rings (SSSR count). The lowest BCUT2D eigenvalue weighted by Crippen LogP contribution is -2.43. The number of hydrogen-bond acceptors (Lipinski definition) is 3. The number of carbonyl (C=O) groups excluding carboxylic acids is 1. The molecule has 23 heavy (non-hydrogen) atoms. The Hall–Kier alpha value is -1.85. The molecule has 1 aliphatic heterocycles. The van der Waals surface area contributed by atoms with Crippen molar-refractivity contribution in [3.63, 3.8) is 0 Å². The van der Waals surface area contributed by atoms with Gasteiger partial charge in [-0.15, -0.1) is 0 Å². The van der Waals surface area contributed by atoms with Crippen LogP contribution in [0.15, 0.2) is 30.5 Å². The maximum absolute atomic E-state index is 12.5.